The van der Waals surface area contributed by atoms with Crippen molar-refractivity contribution in [3.05, 3.63) is 0 Å². The summed E-state index contributed by atoms with van der Waals surface area (Å²) in [5, 5.41) is 13.0. The van der Waals surface area contributed by atoms with Crippen LogP contribution in [0.25, 0.3) is 0 Å². The van der Waals surface area contributed by atoms with Gasteiger partial charge in [-0.3, -0.25) is 0 Å². The molecule has 2 aliphatic carbocycles. The van der Waals surface area contributed by atoms with Crippen LogP contribution in [-0.2, 0) is 4.74 Å². The number of hydrogen-bond donors (Lipinski definition) is 2. The molecule has 0 radical (unpaired) electrons. The minimum Gasteiger partial charge on any atom is -0.396 e. The number of ether oxygens (including phenoxy) is 1. The Morgan fingerprint density at radius 3 is 2.59 bits per heavy atom. The maximum absolute atomic E-state index is 9.55. The summed E-state index contributed by atoms with van der Waals surface area (Å²) in [5.74, 6) is 0.858. The normalized spacial score (nSPS) is 23.8. The van der Waals surface area contributed by atoms with Crippen molar-refractivity contribution in [1.82, 2.24) is 5.32 Å². The first-order valence-corrected chi connectivity index (χ1v) is 7.24. The van der Waals surface area contributed by atoms with Crippen LogP contribution in [-0.4, -0.2) is 38.0 Å². The molecule has 0 unspecified atom stereocenters. The van der Waals surface area contributed by atoms with E-state index in [2.05, 4.69) is 5.32 Å². The van der Waals surface area contributed by atoms with Gasteiger partial charge >= 0.3 is 0 Å². The van der Waals surface area contributed by atoms with Gasteiger partial charge in [-0.1, -0.05) is 19.3 Å². The van der Waals surface area contributed by atoms with E-state index in [0.29, 0.717) is 6.61 Å². The van der Waals surface area contributed by atoms with E-state index < -0.39 is 0 Å². The monoisotopic (exact) mass is 241 g/mol. The predicted octanol–water partition coefficient (Wildman–Crippen LogP) is 1.95. The van der Waals surface area contributed by atoms with Crippen LogP contribution in [0.2, 0.25) is 0 Å². The summed E-state index contributed by atoms with van der Waals surface area (Å²) >= 11 is 0. The van der Waals surface area contributed by atoms with Crippen molar-refractivity contribution in [2.45, 2.75) is 44.9 Å². The molecule has 17 heavy (non-hydrogen) atoms. The van der Waals surface area contributed by atoms with Gasteiger partial charge in [0.1, 0.15) is 0 Å². The maximum atomic E-state index is 9.55. The molecule has 0 amide bonds. The van der Waals surface area contributed by atoms with Crippen LogP contribution in [0.3, 0.4) is 0 Å². The Bertz CT molecular complexity index is 210. The number of aliphatic hydroxyl groups excluding tert-OH is 1. The second-order valence-corrected chi connectivity index (χ2v) is 5.91. The lowest BCUT2D eigenvalue weighted by atomic mass is 9.74. The molecule has 0 spiro atoms. The van der Waals surface area contributed by atoms with Crippen molar-refractivity contribution >= 4 is 0 Å². The first-order valence-electron chi connectivity index (χ1n) is 7.24. The molecular formula is C14H27NO2. The van der Waals surface area contributed by atoms with Crippen LogP contribution in [0.4, 0.5) is 0 Å². The van der Waals surface area contributed by atoms with Crippen molar-refractivity contribution in [3.8, 4) is 0 Å². The van der Waals surface area contributed by atoms with Crippen LogP contribution in [0.15, 0.2) is 0 Å². The molecule has 2 aliphatic rings. The average molecular weight is 241 g/mol. The highest BCUT2D eigenvalue weighted by Gasteiger charge is 2.30. The Kier molecular flexibility index (Phi) is 5.26. The Morgan fingerprint density at radius 2 is 1.94 bits per heavy atom. The molecule has 0 aliphatic heterocycles. The lowest BCUT2D eigenvalue weighted by Gasteiger charge is -2.35. The van der Waals surface area contributed by atoms with Gasteiger partial charge in [0, 0.05) is 31.7 Å². The summed E-state index contributed by atoms with van der Waals surface area (Å²) in [6, 6.07) is 0. The zero-order valence-corrected chi connectivity index (χ0v) is 10.9. The van der Waals surface area contributed by atoms with E-state index in [9.17, 15) is 5.11 Å². The standard InChI is InChI=1S/C14H27NO2/c16-12-14(6-2-1-3-7-14)11-15-8-9-17-10-13-4-5-13/h13,15-16H,1-12H2. The van der Waals surface area contributed by atoms with Gasteiger partial charge in [-0.05, 0) is 31.6 Å². The molecular weight excluding hydrogens is 214 g/mol. The number of aliphatic hydroxyl groups is 1. The molecule has 3 heteroatoms. The van der Waals surface area contributed by atoms with Gasteiger partial charge in [0.25, 0.3) is 0 Å². The summed E-state index contributed by atoms with van der Waals surface area (Å²) in [6.07, 6.45) is 8.98. The molecule has 2 N–H and O–H groups in total. The highest BCUT2D eigenvalue weighted by Crippen LogP contribution is 2.35. The third kappa shape index (κ3) is 4.57. The summed E-state index contributed by atoms with van der Waals surface area (Å²) in [5.41, 5.74) is 0.161. The summed E-state index contributed by atoms with van der Waals surface area (Å²) in [7, 11) is 0. The molecule has 0 heterocycles. The number of rotatable bonds is 8. The molecule has 0 aromatic carbocycles. The predicted molar refractivity (Wildman–Crippen MR) is 69.0 cm³/mol. The summed E-state index contributed by atoms with van der Waals surface area (Å²) in [4.78, 5) is 0. The first kappa shape index (κ1) is 13.3. The first-order chi connectivity index (χ1) is 8.35. The van der Waals surface area contributed by atoms with Crippen molar-refractivity contribution in [2.75, 3.05) is 32.9 Å². The van der Waals surface area contributed by atoms with Gasteiger partial charge in [-0.2, -0.15) is 0 Å². The van der Waals surface area contributed by atoms with E-state index in [1.165, 1.54) is 44.9 Å². The Balaban J connectivity index is 1.52. The summed E-state index contributed by atoms with van der Waals surface area (Å²) < 4.78 is 5.59. The van der Waals surface area contributed by atoms with Gasteiger partial charge in [0.15, 0.2) is 0 Å². The average Bonchev–Trinajstić information content (AvgIpc) is 3.19. The third-order valence-electron chi connectivity index (χ3n) is 4.22. The van der Waals surface area contributed by atoms with Crippen molar-refractivity contribution < 1.29 is 9.84 Å². The van der Waals surface area contributed by atoms with Crippen LogP contribution >= 0.6 is 0 Å². The van der Waals surface area contributed by atoms with E-state index in [1.54, 1.807) is 0 Å². The fraction of sp³-hybridized carbons (Fsp3) is 1.00. The number of hydrogen-bond acceptors (Lipinski definition) is 3. The Hall–Kier alpha value is -0.120. The lowest BCUT2D eigenvalue weighted by Crippen LogP contribution is -2.40. The largest absolute Gasteiger partial charge is 0.396 e. The Morgan fingerprint density at radius 1 is 1.18 bits per heavy atom. The SMILES string of the molecule is OCC1(CNCCOCC2CC2)CCCCC1. The minimum absolute atomic E-state index is 0.161. The minimum atomic E-state index is 0.161. The third-order valence-corrected chi connectivity index (χ3v) is 4.22. The zero-order valence-electron chi connectivity index (χ0n) is 10.9. The molecule has 0 aromatic heterocycles. The van der Waals surface area contributed by atoms with E-state index in [1.807, 2.05) is 0 Å². The van der Waals surface area contributed by atoms with Gasteiger partial charge in [0.2, 0.25) is 0 Å². The fourth-order valence-electron chi connectivity index (χ4n) is 2.72. The second-order valence-electron chi connectivity index (χ2n) is 5.91. The van der Waals surface area contributed by atoms with Gasteiger partial charge in [0.05, 0.1) is 6.61 Å². The Labute approximate surface area is 105 Å². The molecule has 2 fully saturated rings. The second kappa shape index (κ2) is 6.72. The topological polar surface area (TPSA) is 41.5 Å². The van der Waals surface area contributed by atoms with Crippen LogP contribution in [0.1, 0.15) is 44.9 Å². The molecule has 0 atom stereocenters. The molecule has 0 aromatic rings. The van der Waals surface area contributed by atoms with Crippen molar-refractivity contribution in [1.29, 1.82) is 0 Å². The van der Waals surface area contributed by atoms with E-state index >= 15 is 0 Å². The maximum Gasteiger partial charge on any atom is 0.0591 e. The fourth-order valence-corrected chi connectivity index (χ4v) is 2.72. The highest BCUT2D eigenvalue weighted by atomic mass is 16.5. The van der Waals surface area contributed by atoms with Crippen LogP contribution in [0, 0.1) is 11.3 Å². The van der Waals surface area contributed by atoms with Crippen molar-refractivity contribution in [3.63, 3.8) is 0 Å². The molecule has 2 rings (SSSR count). The van der Waals surface area contributed by atoms with Crippen LogP contribution < -0.4 is 5.32 Å². The molecule has 0 saturated heterocycles. The molecule has 3 nitrogen and oxygen atoms in total. The smallest absolute Gasteiger partial charge is 0.0591 e. The van der Waals surface area contributed by atoms with Crippen molar-refractivity contribution in [2.24, 2.45) is 11.3 Å². The zero-order chi connectivity index (χ0) is 12.0. The molecule has 0 bridgehead atoms. The lowest BCUT2D eigenvalue weighted by molar-refractivity contribution is 0.0753. The van der Waals surface area contributed by atoms with Gasteiger partial charge in [-0.25, -0.2) is 0 Å². The quantitative estimate of drug-likeness (QED) is 0.638. The van der Waals surface area contributed by atoms with E-state index in [4.69, 9.17) is 4.74 Å². The van der Waals surface area contributed by atoms with E-state index in [-0.39, 0.29) is 5.41 Å². The van der Waals surface area contributed by atoms with E-state index in [0.717, 1.165) is 32.2 Å². The van der Waals surface area contributed by atoms with Gasteiger partial charge < -0.3 is 15.2 Å². The van der Waals surface area contributed by atoms with Gasteiger partial charge in [-0.15, -0.1) is 0 Å². The molecule has 2 saturated carbocycles. The highest BCUT2D eigenvalue weighted by molar-refractivity contribution is 4.84. The van der Waals surface area contributed by atoms with Crippen LogP contribution in [0.5, 0.6) is 0 Å². The molecule has 100 valence electrons. The summed E-state index contributed by atoms with van der Waals surface area (Å²) in [6.45, 7) is 3.98. The number of nitrogens with one attached hydrogen (secondary N) is 1.